The zero-order chi connectivity index (χ0) is 9.26. The maximum absolute atomic E-state index is 8.76. The third-order valence-corrected chi connectivity index (χ3v) is 3.28. The Kier molecular flexibility index (Phi) is 2.47. The Morgan fingerprint density at radius 3 is 3.08 bits per heavy atom. The van der Waals surface area contributed by atoms with Crippen molar-refractivity contribution in [2.24, 2.45) is 5.16 Å². The zero-order valence-corrected chi connectivity index (χ0v) is 8.40. The SMILES string of the molecule is ON=C1CCSc2ccc(Cl)cc21. The predicted molar refractivity (Wildman–Crippen MR) is 55.1 cm³/mol. The normalized spacial score (nSPS) is 18.7. The lowest BCUT2D eigenvalue weighted by Crippen LogP contribution is -2.09. The number of hydrogen-bond acceptors (Lipinski definition) is 3. The van der Waals surface area contributed by atoms with Crippen LogP contribution < -0.4 is 0 Å². The average molecular weight is 214 g/mol. The number of fused-ring (bicyclic) bond motifs is 1. The highest BCUT2D eigenvalue weighted by molar-refractivity contribution is 7.99. The second kappa shape index (κ2) is 3.60. The summed E-state index contributed by atoms with van der Waals surface area (Å²) in [6.07, 6.45) is 0.800. The summed E-state index contributed by atoms with van der Waals surface area (Å²) in [5.41, 5.74) is 1.70. The molecule has 0 radical (unpaired) electrons. The molecule has 1 N–H and O–H groups in total. The quantitative estimate of drug-likeness (QED) is 0.531. The van der Waals surface area contributed by atoms with E-state index in [1.54, 1.807) is 11.8 Å². The summed E-state index contributed by atoms with van der Waals surface area (Å²) in [5.74, 6) is 0.966. The van der Waals surface area contributed by atoms with Gasteiger partial charge in [-0.15, -0.1) is 11.8 Å². The maximum Gasteiger partial charge on any atom is 0.0887 e. The summed E-state index contributed by atoms with van der Waals surface area (Å²) in [6.45, 7) is 0. The summed E-state index contributed by atoms with van der Waals surface area (Å²) in [4.78, 5) is 1.14. The first-order chi connectivity index (χ1) is 6.31. The van der Waals surface area contributed by atoms with E-state index >= 15 is 0 Å². The lowest BCUT2D eigenvalue weighted by molar-refractivity contribution is 0.318. The summed E-state index contributed by atoms with van der Waals surface area (Å²) in [6, 6.07) is 5.67. The smallest absolute Gasteiger partial charge is 0.0887 e. The van der Waals surface area contributed by atoms with Crippen molar-refractivity contribution < 1.29 is 5.21 Å². The Hall–Kier alpha value is -0.670. The molecule has 2 nitrogen and oxygen atoms in total. The van der Waals surface area contributed by atoms with Crippen LogP contribution in [0.5, 0.6) is 0 Å². The first kappa shape index (κ1) is 8.91. The van der Waals surface area contributed by atoms with Crippen molar-refractivity contribution in [2.45, 2.75) is 11.3 Å². The molecule has 4 heteroatoms. The second-order valence-corrected chi connectivity index (χ2v) is 4.36. The molecule has 0 atom stereocenters. The van der Waals surface area contributed by atoms with Crippen LogP contribution in [-0.2, 0) is 0 Å². The van der Waals surface area contributed by atoms with E-state index in [1.165, 1.54) is 0 Å². The summed E-state index contributed by atoms with van der Waals surface area (Å²) in [7, 11) is 0. The molecule has 1 aromatic carbocycles. The Bertz CT molecular complexity index is 365. The minimum absolute atomic E-state index is 0.683. The fourth-order valence-electron chi connectivity index (χ4n) is 1.35. The Morgan fingerprint density at radius 2 is 2.31 bits per heavy atom. The molecule has 13 heavy (non-hydrogen) atoms. The number of thioether (sulfide) groups is 1. The van der Waals surface area contributed by atoms with Gasteiger partial charge >= 0.3 is 0 Å². The van der Waals surface area contributed by atoms with E-state index in [2.05, 4.69) is 5.16 Å². The molecule has 0 fully saturated rings. The van der Waals surface area contributed by atoms with Crippen molar-refractivity contribution in [3.05, 3.63) is 28.8 Å². The van der Waals surface area contributed by atoms with Crippen LogP contribution in [0.1, 0.15) is 12.0 Å². The van der Waals surface area contributed by atoms with Crippen LogP contribution in [0.4, 0.5) is 0 Å². The molecule has 1 heterocycles. The number of hydrogen-bond donors (Lipinski definition) is 1. The fourth-order valence-corrected chi connectivity index (χ4v) is 2.53. The molecule has 0 spiro atoms. The van der Waals surface area contributed by atoms with Crippen molar-refractivity contribution in [3.8, 4) is 0 Å². The van der Waals surface area contributed by atoms with Crippen molar-refractivity contribution in [1.82, 2.24) is 0 Å². The first-order valence-corrected chi connectivity index (χ1v) is 5.31. The van der Waals surface area contributed by atoms with Crippen LogP contribution in [0.15, 0.2) is 28.3 Å². The average Bonchev–Trinajstić information content (AvgIpc) is 2.17. The van der Waals surface area contributed by atoms with E-state index < -0.39 is 0 Å². The molecule has 2 rings (SSSR count). The van der Waals surface area contributed by atoms with Gasteiger partial charge in [-0.1, -0.05) is 16.8 Å². The van der Waals surface area contributed by atoms with Gasteiger partial charge in [0.15, 0.2) is 0 Å². The molecule has 0 amide bonds. The first-order valence-electron chi connectivity index (χ1n) is 3.95. The standard InChI is InChI=1S/C9H8ClNOS/c10-6-1-2-9-7(5-6)8(11-12)3-4-13-9/h1-2,5,12H,3-4H2. The van der Waals surface area contributed by atoms with Crippen molar-refractivity contribution >= 4 is 29.1 Å². The van der Waals surface area contributed by atoms with E-state index in [9.17, 15) is 0 Å². The number of nitrogens with zero attached hydrogens (tertiary/aromatic N) is 1. The molecule has 68 valence electrons. The molecule has 0 saturated carbocycles. The highest BCUT2D eigenvalue weighted by Crippen LogP contribution is 2.31. The van der Waals surface area contributed by atoms with Gasteiger partial charge < -0.3 is 5.21 Å². The monoisotopic (exact) mass is 213 g/mol. The molecule has 0 saturated heterocycles. The van der Waals surface area contributed by atoms with E-state index in [0.717, 1.165) is 28.3 Å². The summed E-state index contributed by atoms with van der Waals surface area (Å²) in [5, 5.41) is 12.7. The fraction of sp³-hybridized carbons (Fsp3) is 0.222. The van der Waals surface area contributed by atoms with Crippen molar-refractivity contribution in [3.63, 3.8) is 0 Å². The third kappa shape index (κ3) is 1.67. The Labute approximate surface area is 85.6 Å². The number of oxime groups is 1. The molecule has 1 aliphatic heterocycles. The summed E-state index contributed by atoms with van der Waals surface area (Å²) >= 11 is 7.62. The lowest BCUT2D eigenvalue weighted by Gasteiger charge is -2.15. The van der Waals surface area contributed by atoms with Gasteiger partial charge in [-0.25, -0.2) is 0 Å². The topological polar surface area (TPSA) is 32.6 Å². The molecule has 1 aromatic rings. The van der Waals surface area contributed by atoms with Crippen LogP contribution >= 0.6 is 23.4 Å². The largest absolute Gasteiger partial charge is 0.411 e. The number of rotatable bonds is 0. The lowest BCUT2D eigenvalue weighted by atomic mass is 10.1. The van der Waals surface area contributed by atoms with E-state index in [4.69, 9.17) is 16.8 Å². The highest BCUT2D eigenvalue weighted by Gasteiger charge is 2.16. The summed E-state index contributed by atoms with van der Waals surface area (Å²) < 4.78 is 0. The van der Waals surface area contributed by atoms with Gasteiger partial charge in [0.2, 0.25) is 0 Å². The Balaban J connectivity index is 2.54. The van der Waals surface area contributed by atoms with E-state index in [-0.39, 0.29) is 0 Å². The minimum Gasteiger partial charge on any atom is -0.411 e. The predicted octanol–water partition coefficient (Wildman–Crippen LogP) is 3.01. The van der Waals surface area contributed by atoms with Crippen LogP contribution in [-0.4, -0.2) is 16.7 Å². The van der Waals surface area contributed by atoms with Crippen molar-refractivity contribution in [2.75, 3.05) is 5.75 Å². The van der Waals surface area contributed by atoms with Gasteiger partial charge in [-0.3, -0.25) is 0 Å². The third-order valence-electron chi connectivity index (χ3n) is 1.97. The van der Waals surface area contributed by atoms with Gasteiger partial charge in [0, 0.05) is 27.7 Å². The number of halogens is 1. The van der Waals surface area contributed by atoms with Crippen LogP contribution in [0.25, 0.3) is 0 Å². The molecular formula is C9H8ClNOS. The van der Waals surface area contributed by atoms with Gasteiger partial charge in [0.25, 0.3) is 0 Å². The minimum atomic E-state index is 0.683. The van der Waals surface area contributed by atoms with Crippen molar-refractivity contribution in [1.29, 1.82) is 0 Å². The number of benzene rings is 1. The molecular weight excluding hydrogens is 206 g/mol. The molecule has 0 aliphatic carbocycles. The zero-order valence-electron chi connectivity index (χ0n) is 6.83. The van der Waals surface area contributed by atoms with Gasteiger partial charge in [-0.2, -0.15) is 0 Å². The Morgan fingerprint density at radius 1 is 1.46 bits per heavy atom. The highest BCUT2D eigenvalue weighted by atomic mass is 35.5. The van der Waals surface area contributed by atoms with Gasteiger partial charge in [-0.05, 0) is 18.2 Å². The van der Waals surface area contributed by atoms with Crippen LogP contribution in [0.3, 0.4) is 0 Å². The van der Waals surface area contributed by atoms with Crippen LogP contribution in [0, 0.1) is 0 Å². The molecule has 0 bridgehead atoms. The van der Waals surface area contributed by atoms with Gasteiger partial charge in [0.05, 0.1) is 5.71 Å². The van der Waals surface area contributed by atoms with E-state index in [0.29, 0.717) is 5.02 Å². The van der Waals surface area contributed by atoms with E-state index in [1.807, 2.05) is 18.2 Å². The molecule has 0 aromatic heterocycles. The maximum atomic E-state index is 8.76. The second-order valence-electron chi connectivity index (χ2n) is 2.79. The molecule has 0 unspecified atom stereocenters. The van der Waals surface area contributed by atoms with Gasteiger partial charge in [0.1, 0.15) is 0 Å². The molecule has 1 aliphatic rings. The van der Waals surface area contributed by atoms with Crippen LogP contribution in [0.2, 0.25) is 5.02 Å².